The molecule has 0 saturated carbocycles. The summed E-state index contributed by atoms with van der Waals surface area (Å²) in [6.45, 7) is 1.92. The predicted molar refractivity (Wildman–Crippen MR) is 103 cm³/mol. The molecular formula is C19H16ClN3OS. The Morgan fingerprint density at radius 3 is 2.56 bits per heavy atom. The molecule has 0 aliphatic rings. The first-order chi connectivity index (χ1) is 12.1. The molecule has 0 saturated heterocycles. The third-order valence-electron chi connectivity index (χ3n) is 3.38. The number of hydrogen-bond donors (Lipinski definition) is 1. The largest absolute Gasteiger partial charge is 0.324 e. The highest BCUT2D eigenvalue weighted by atomic mass is 35.5. The van der Waals surface area contributed by atoms with Crippen LogP contribution in [0.1, 0.15) is 5.69 Å². The van der Waals surface area contributed by atoms with E-state index in [0.29, 0.717) is 15.9 Å². The SMILES string of the molecule is Cc1cc(-c2ccccc2)nc(SCC(=O)Nc2ccccc2Cl)n1. The minimum Gasteiger partial charge on any atom is -0.324 e. The maximum Gasteiger partial charge on any atom is 0.234 e. The normalized spacial score (nSPS) is 10.5. The number of para-hydroxylation sites is 1. The van der Waals surface area contributed by atoms with Crippen molar-refractivity contribution in [1.82, 2.24) is 9.97 Å². The van der Waals surface area contributed by atoms with E-state index in [1.165, 1.54) is 11.8 Å². The predicted octanol–water partition coefficient (Wildman–Crippen LogP) is 4.84. The van der Waals surface area contributed by atoms with E-state index in [9.17, 15) is 4.79 Å². The zero-order valence-electron chi connectivity index (χ0n) is 13.6. The van der Waals surface area contributed by atoms with Crippen molar-refractivity contribution in [3.8, 4) is 11.3 Å². The molecule has 1 aromatic heterocycles. The monoisotopic (exact) mass is 369 g/mol. The summed E-state index contributed by atoms with van der Waals surface area (Å²) >= 11 is 7.35. The van der Waals surface area contributed by atoms with Crippen molar-refractivity contribution in [3.63, 3.8) is 0 Å². The van der Waals surface area contributed by atoms with E-state index < -0.39 is 0 Å². The zero-order chi connectivity index (χ0) is 17.6. The summed E-state index contributed by atoms with van der Waals surface area (Å²) in [5, 5.41) is 3.88. The third-order valence-corrected chi connectivity index (χ3v) is 4.56. The summed E-state index contributed by atoms with van der Waals surface area (Å²) in [6, 6.07) is 19.0. The fraction of sp³-hybridized carbons (Fsp3) is 0.105. The van der Waals surface area contributed by atoms with Gasteiger partial charge in [-0.3, -0.25) is 4.79 Å². The molecule has 0 unspecified atom stereocenters. The Balaban J connectivity index is 1.68. The van der Waals surface area contributed by atoms with Crippen LogP contribution in [0.3, 0.4) is 0 Å². The number of carbonyl (C=O) groups excluding carboxylic acids is 1. The van der Waals surface area contributed by atoms with Crippen molar-refractivity contribution < 1.29 is 4.79 Å². The first-order valence-electron chi connectivity index (χ1n) is 7.70. The van der Waals surface area contributed by atoms with Gasteiger partial charge in [0.2, 0.25) is 5.91 Å². The second kappa shape index (κ2) is 8.14. The van der Waals surface area contributed by atoms with Crippen LogP contribution in [0.15, 0.2) is 65.8 Å². The molecule has 0 aliphatic carbocycles. The number of thioether (sulfide) groups is 1. The molecule has 0 bridgehead atoms. The van der Waals surface area contributed by atoms with Crippen LogP contribution in [0.4, 0.5) is 5.69 Å². The summed E-state index contributed by atoms with van der Waals surface area (Å²) in [4.78, 5) is 21.1. The molecule has 0 atom stereocenters. The number of nitrogens with one attached hydrogen (secondary N) is 1. The average Bonchev–Trinajstić information content (AvgIpc) is 2.62. The molecule has 6 heteroatoms. The van der Waals surface area contributed by atoms with Gasteiger partial charge >= 0.3 is 0 Å². The Morgan fingerprint density at radius 1 is 1.08 bits per heavy atom. The maximum atomic E-state index is 12.1. The van der Waals surface area contributed by atoms with Gasteiger partial charge in [0, 0.05) is 11.3 Å². The van der Waals surface area contributed by atoms with Crippen LogP contribution in [0.2, 0.25) is 5.02 Å². The van der Waals surface area contributed by atoms with Gasteiger partial charge in [0.15, 0.2) is 5.16 Å². The molecule has 0 radical (unpaired) electrons. The number of aryl methyl sites for hydroxylation is 1. The van der Waals surface area contributed by atoms with Crippen molar-refractivity contribution in [3.05, 3.63) is 71.4 Å². The first kappa shape index (κ1) is 17.5. The molecule has 25 heavy (non-hydrogen) atoms. The van der Waals surface area contributed by atoms with Gasteiger partial charge in [-0.2, -0.15) is 0 Å². The number of nitrogens with zero attached hydrogens (tertiary/aromatic N) is 2. The first-order valence-corrected chi connectivity index (χ1v) is 9.06. The van der Waals surface area contributed by atoms with Crippen molar-refractivity contribution in [2.75, 3.05) is 11.1 Å². The summed E-state index contributed by atoms with van der Waals surface area (Å²) in [5.41, 5.74) is 3.34. The average molecular weight is 370 g/mol. The van der Waals surface area contributed by atoms with E-state index >= 15 is 0 Å². The lowest BCUT2D eigenvalue weighted by Gasteiger charge is -2.08. The molecule has 1 heterocycles. The second-order valence-corrected chi connectivity index (χ2v) is 6.71. The lowest BCUT2D eigenvalue weighted by atomic mass is 10.1. The van der Waals surface area contributed by atoms with Gasteiger partial charge in [-0.25, -0.2) is 9.97 Å². The topological polar surface area (TPSA) is 54.9 Å². The second-order valence-electron chi connectivity index (χ2n) is 5.36. The van der Waals surface area contributed by atoms with Crippen molar-refractivity contribution in [1.29, 1.82) is 0 Å². The number of anilines is 1. The molecular weight excluding hydrogens is 354 g/mol. The summed E-state index contributed by atoms with van der Waals surface area (Å²) in [5.74, 6) is 0.0626. The quantitative estimate of drug-likeness (QED) is 0.516. The summed E-state index contributed by atoms with van der Waals surface area (Å²) in [6.07, 6.45) is 0. The van der Waals surface area contributed by atoms with Gasteiger partial charge < -0.3 is 5.32 Å². The van der Waals surface area contributed by atoms with Crippen LogP contribution < -0.4 is 5.32 Å². The van der Waals surface area contributed by atoms with Gasteiger partial charge in [0.25, 0.3) is 0 Å². The Labute approximate surface area is 155 Å². The minimum atomic E-state index is -0.149. The molecule has 126 valence electrons. The zero-order valence-corrected chi connectivity index (χ0v) is 15.1. The number of carbonyl (C=O) groups is 1. The maximum absolute atomic E-state index is 12.1. The number of benzene rings is 2. The number of amides is 1. The standard InChI is InChI=1S/C19H16ClN3OS/c1-13-11-17(14-7-3-2-4-8-14)23-19(21-13)25-12-18(24)22-16-10-6-5-9-15(16)20/h2-11H,12H2,1H3,(H,22,24). The van der Waals surface area contributed by atoms with Crippen LogP contribution in [-0.2, 0) is 4.79 Å². The fourth-order valence-electron chi connectivity index (χ4n) is 2.24. The number of hydrogen-bond acceptors (Lipinski definition) is 4. The minimum absolute atomic E-state index is 0.149. The van der Waals surface area contributed by atoms with E-state index in [0.717, 1.165) is 17.0 Å². The van der Waals surface area contributed by atoms with E-state index in [-0.39, 0.29) is 11.7 Å². The number of rotatable bonds is 5. The van der Waals surface area contributed by atoms with Gasteiger partial charge in [0.1, 0.15) is 0 Å². The van der Waals surface area contributed by atoms with Crippen molar-refractivity contribution >= 4 is 35.0 Å². The molecule has 0 aliphatic heterocycles. The molecule has 0 spiro atoms. The highest BCUT2D eigenvalue weighted by Gasteiger charge is 2.09. The van der Waals surface area contributed by atoms with Crippen LogP contribution in [-0.4, -0.2) is 21.6 Å². The van der Waals surface area contributed by atoms with E-state index in [4.69, 9.17) is 11.6 Å². The number of halogens is 1. The Hall–Kier alpha value is -2.37. The third kappa shape index (κ3) is 4.81. The molecule has 2 aromatic carbocycles. The van der Waals surface area contributed by atoms with Gasteiger partial charge in [-0.05, 0) is 25.1 Å². The van der Waals surface area contributed by atoms with Gasteiger partial charge in [-0.15, -0.1) is 0 Å². The highest BCUT2D eigenvalue weighted by molar-refractivity contribution is 7.99. The van der Waals surface area contributed by atoms with Gasteiger partial charge in [-0.1, -0.05) is 65.8 Å². The van der Waals surface area contributed by atoms with Crippen molar-refractivity contribution in [2.24, 2.45) is 0 Å². The fourth-order valence-corrected chi connectivity index (χ4v) is 3.13. The molecule has 3 aromatic rings. The summed E-state index contributed by atoms with van der Waals surface area (Å²) in [7, 11) is 0. The van der Waals surface area contributed by atoms with Crippen LogP contribution in [0.5, 0.6) is 0 Å². The van der Waals surface area contributed by atoms with Gasteiger partial charge in [0.05, 0.1) is 22.2 Å². The molecule has 0 fully saturated rings. The van der Waals surface area contributed by atoms with Crippen LogP contribution >= 0.6 is 23.4 Å². The highest BCUT2D eigenvalue weighted by Crippen LogP contribution is 2.23. The smallest absolute Gasteiger partial charge is 0.234 e. The Kier molecular flexibility index (Phi) is 5.68. The molecule has 4 nitrogen and oxygen atoms in total. The lowest BCUT2D eigenvalue weighted by molar-refractivity contribution is -0.113. The van der Waals surface area contributed by atoms with E-state index in [2.05, 4.69) is 15.3 Å². The molecule has 1 N–H and O–H groups in total. The van der Waals surface area contributed by atoms with E-state index in [1.807, 2.05) is 55.5 Å². The van der Waals surface area contributed by atoms with E-state index in [1.54, 1.807) is 12.1 Å². The summed E-state index contributed by atoms with van der Waals surface area (Å²) < 4.78 is 0. The van der Waals surface area contributed by atoms with Crippen LogP contribution in [0.25, 0.3) is 11.3 Å². The number of aromatic nitrogens is 2. The molecule has 3 rings (SSSR count). The Bertz CT molecular complexity index is 887. The van der Waals surface area contributed by atoms with Crippen molar-refractivity contribution in [2.45, 2.75) is 12.1 Å². The van der Waals surface area contributed by atoms with Crippen LogP contribution in [0, 0.1) is 6.92 Å². The Morgan fingerprint density at radius 2 is 1.80 bits per heavy atom. The molecule has 1 amide bonds. The lowest BCUT2D eigenvalue weighted by Crippen LogP contribution is -2.14.